The first-order valence-electron chi connectivity index (χ1n) is 7.93. The van der Waals surface area contributed by atoms with Gasteiger partial charge in [-0.15, -0.1) is 5.11 Å². The van der Waals surface area contributed by atoms with E-state index in [1.807, 2.05) is 24.3 Å². The van der Waals surface area contributed by atoms with Crippen molar-refractivity contribution in [1.82, 2.24) is 0 Å². The highest BCUT2D eigenvalue weighted by Gasteiger charge is 2.15. The molecule has 0 fully saturated rings. The molecule has 2 aromatic carbocycles. The number of hydrogen-bond acceptors (Lipinski definition) is 3. The minimum absolute atomic E-state index is 0.00628. The quantitative estimate of drug-likeness (QED) is 0.640. The van der Waals surface area contributed by atoms with Gasteiger partial charge in [-0.05, 0) is 46.2 Å². The highest BCUT2D eigenvalue weighted by molar-refractivity contribution is 5.54. The third-order valence-electron chi connectivity index (χ3n) is 3.85. The molecule has 0 heterocycles. The van der Waals surface area contributed by atoms with Crippen LogP contribution in [0.2, 0.25) is 0 Å². The number of phenols is 1. The van der Waals surface area contributed by atoms with E-state index in [4.69, 9.17) is 0 Å². The Balaban J connectivity index is 2.26. The van der Waals surface area contributed by atoms with E-state index in [9.17, 15) is 5.11 Å². The molecule has 0 aliphatic carbocycles. The molecule has 0 aromatic heterocycles. The second-order valence-corrected chi connectivity index (χ2v) is 7.95. The fourth-order valence-electron chi connectivity index (χ4n) is 2.21. The van der Waals surface area contributed by atoms with Crippen LogP contribution in [0.1, 0.15) is 52.7 Å². The van der Waals surface area contributed by atoms with Crippen LogP contribution in [0.15, 0.2) is 52.7 Å². The van der Waals surface area contributed by atoms with Gasteiger partial charge in [-0.3, -0.25) is 0 Å². The van der Waals surface area contributed by atoms with Crippen LogP contribution in [0.4, 0.5) is 11.4 Å². The second-order valence-electron chi connectivity index (χ2n) is 7.95. The number of hydrogen-bond donors (Lipinski definition) is 1. The molecular formula is C20H26N2O. The number of azo groups is 1. The lowest BCUT2D eigenvalue weighted by Crippen LogP contribution is -2.10. The summed E-state index contributed by atoms with van der Waals surface area (Å²) in [5.41, 5.74) is 3.78. The van der Waals surface area contributed by atoms with Gasteiger partial charge in [0.1, 0.15) is 11.4 Å². The molecule has 2 rings (SSSR count). The Morgan fingerprint density at radius 1 is 0.696 bits per heavy atom. The zero-order valence-corrected chi connectivity index (χ0v) is 14.9. The van der Waals surface area contributed by atoms with E-state index in [1.165, 1.54) is 5.56 Å². The maximum atomic E-state index is 9.98. The van der Waals surface area contributed by atoms with Crippen molar-refractivity contribution >= 4 is 11.4 Å². The lowest BCUT2D eigenvalue weighted by Gasteiger charge is -2.19. The van der Waals surface area contributed by atoms with E-state index >= 15 is 0 Å². The van der Waals surface area contributed by atoms with Gasteiger partial charge in [-0.1, -0.05) is 59.7 Å². The Morgan fingerprint density at radius 2 is 1.22 bits per heavy atom. The van der Waals surface area contributed by atoms with Crippen molar-refractivity contribution in [3.8, 4) is 5.75 Å². The summed E-state index contributed by atoms with van der Waals surface area (Å²) in [5, 5.41) is 18.4. The van der Waals surface area contributed by atoms with Gasteiger partial charge in [0.2, 0.25) is 0 Å². The van der Waals surface area contributed by atoms with Crippen LogP contribution in [0.3, 0.4) is 0 Å². The summed E-state index contributed by atoms with van der Waals surface area (Å²) in [5.74, 6) is 0.146. The Morgan fingerprint density at radius 3 is 1.74 bits per heavy atom. The molecule has 0 spiro atoms. The molecule has 3 nitrogen and oxygen atoms in total. The Labute approximate surface area is 139 Å². The highest BCUT2D eigenvalue weighted by Crippen LogP contribution is 2.34. The summed E-state index contributed by atoms with van der Waals surface area (Å²) in [6, 6.07) is 13.5. The highest BCUT2D eigenvalue weighted by atomic mass is 16.3. The van der Waals surface area contributed by atoms with Crippen molar-refractivity contribution in [3.05, 3.63) is 53.6 Å². The monoisotopic (exact) mass is 310 g/mol. The maximum Gasteiger partial charge on any atom is 0.143 e. The molecule has 0 atom stereocenters. The number of phenolic OH excluding ortho intramolecular Hbond substituents is 1. The zero-order chi connectivity index (χ0) is 17.3. The molecule has 0 saturated heterocycles. The maximum absolute atomic E-state index is 9.98. The fraction of sp³-hybridized carbons (Fsp3) is 0.400. The topological polar surface area (TPSA) is 45.0 Å². The summed E-state index contributed by atoms with van der Waals surface area (Å²) in [6.07, 6.45) is 0. The number of benzene rings is 2. The van der Waals surface area contributed by atoms with Gasteiger partial charge >= 0.3 is 0 Å². The molecule has 0 unspecified atom stereocenters. The van der Waals surface area contributed by atoms with Crippen molar-refractivity contribution < 1.29 is 5.11 Å². The van der Waals surface area contributed by atoms with E-state index in [2.05, 4.69) is 63.9 Å². The Bertz CT molecular complexity index is 702. The minimum Gasteiger partial charge on any atom is -0.506 e. The average Bonchev–Trinajstić information content (AvgIpc) is 2.44. The summed E-state index contributed by atoms with van der Waals surface area (Å²) >= 11 is 0. The van der Waals surface area contributed by atoms with Gasteiger partial charge in [0.05, 0.1) is 5.69 Å². The average molecular weight is 310 g/mol. The molecule has 2 aromatic rings. The van der Waals surface area contributed by atoms with Crippen molar-refractivity contribution in [2.24, 2.45) is 10.2 Å². The van der Waals surface area contributed by atoms with Crippen LogP contribution in [-0.4, -0.2) is 5.11 Å². The van der Waals surface area contributed by atoms with Gasteiger partial charge < -0.3 is 5.11 Å². The van der Waals surface area contributed by atoms with E-state index in [1.54, 1.807) is 6.07 Å². The predicted molar refractivity (Wildman–Crippen MR) is 96.1 cm³/mol. The fourth-order valence-corrected chi connectivity index (χ4v) is 2.21. The van der Waals surface area contributed by atoms with Crippen molar-refractivity contribution in [3.63, 3.8) is 0 Å². The lowest BCUT2D eigenvalue weighted by atomic mass is 9.87. The zero-order valence-electron chi connectivity index (χ0n) is 14.9. The van der Waals surface area contributed by atoms with Crippen LogP contribution >= 0.6 is 0 Å². The SMILES string of the molecule is CC(C)(C)c1ccc(N=Nc2cc(C(C)(C)C)ccc2O)cc1. The Hall–Kier alpha value is -2.16. The van der Waals surface area contributed by atoms with Crippen molar-refractivity contribution in [2.45, 2.75) is 52.4 Å². The van der Waals surface area contributed by atoms with E-state index in [0.29, 0.717) is 5.69 Å². The van der Waals surface area contributed by atoms with Crippen LogP contribution < -0.4 is 0 Å². The molecule has 122 valence electrons. The van der Waals surface area contributed by atoms with E-state index < -0.39 is 0 Å². The molecule has 0 radical (unpaired) electrons. The first-order chi connectivity index (χ1) is 10.6. The second kappa shape index (κ2) is 6.15. The van der Waals surface area contributed by atoms with Crippen molar-refractivity contribution in [2.75, 3.05) is 0 Å². The van der Waals surface area contributed by atoms with Crippen molar-refractivity contribution in [1.29, 1.82) is 0 Å². The molecule has 0 aliphatic rings. The number of rotatable bonds is 2. The molecule has 0 saturated carbocycles. The van der Waals surface area contributed by atoms with Gasteiger partial charge in [-0.2, -0.15) is 5.11 Å². The van der Waals surface area contributed by atoms with Gasteiger partial charge in [0.25, 0.3) is 0 Å². The summed E-state index contributed by atoms with van der Waals surface area (Å²) in [6.45, 7) is 12.9. The molecule has 0 amide bonds. The first kappa shape index (κ1) is 17.2. The van der Waals surface area contributed by atoms with Crippen LogP contribution in [0.5, 0.6) is 5.75 Å². The summed E-state index contributed by atoms with van der Waals surface area (Å²) in [7, 11) is 0. The smallest absolute Gasteiger partial charge is 0.143 e. The van der Waals surface area contributed by atoms with Crippen LogP contribution in [0, 0.1) is 0 Å². The van der Waals surface area contributed by atoms with E-state index in [0.717, 1.165) is 11.3 Å². The molecular weight excluding hydrogens is 284 g/mol. The third kappa shape index (κ3) is 4.41. The minimum atomic E-state index is 0.00628. The normalized spacial score (nSPS) is 12.8. The molecule has 0 bridgehead atoms. The summed E-state index contributed by atoms with van der Waals surface area (Å²) in [4.78, 5) is 0. The molecule has 0 aliphatic heterocycles. The lowest BCUT2D eigenvalue weighted by molar-refractivity contribution is 0.475. The predicted octanol–water partition coefficient (Wildman–Crippen LogP) is 6.40. The number of nitrogens with zero attached hydrogens (tertiary/aromatic N) is 2. The van der Waals surface area contributed by atoms with Crippen LogP contribution in [-0.2, 0) is 10.8 Å². The van der Waals surface area contributed by atoms with Gasteiger partial charge in [-0.25, -0.2) is 0 Å². The molecule has 1 N–H and O–H groups in total. The summed E-state index contributed by atoms with van der Waals surface area (Å²) < 4.78 is 0. The Kier molecular flexibility index (Phi) is 4.60. The van der Waals surface area contributed by atoms with Crippen LogP contribution in [0.25, 0.3) is 0 Å². The van der Waals surface area contributed by atoms with Gasteiger partial charge in [0.15, 0.2) is 0 Å². The largest absolute Gasteiger partial charge is 0.506 e. The molecule has 23 heavy (non-hydrogen) atoms. The third-order valence-corrected chi connectivity index (χ3v) is 3.85. The van der Waals surface area contributed by atoms with Gasteiger partial charge in [0, 0.05) is 0 Å². The molecule has 3 heteroatoms. The van der Waals surface area contributed by atoms with E-state index in [-0.39, 0.29) is 16.6 Å². The standard InChI is InChI=1S/C20H26N2O/c1-19(2,3)14-7-10-16(11-8-14)21-22-17-13-15(20(4,5)6)9-12-18(17)23/h7-13,23H,1-6H3. The first-order valence-corrected chi connectivity index (χ1v) is 7.93. The number of aromatic hydroxyl groups is 1.